The molecule has 1 aliphatic carbocycles. The molecule has 1 fully saturated rings. The second-order valence-electron chi connectivity index (χ2n) is 8.50. The minimum Gasteiger partial charge on any atom is -0.387 e. The van der Waals surface area contributed by atoms with Gasteiger partial charge in [0.25, 0.3) is 0 Å². The molecule has 2 aliphatic rings. The fourth-order valence-electron chi connectivity index (χ4n) is 5.06. The molecule has 156 valence electrons. The third-order valence-electron chi connectivity index (χ3n) is 6.60. The number of piperidine rings is 1. The Morgan fingerprint density at radius 3 is 2.97 bits per heavy atom. The van der Waals surface area contributed by atoms with Crippen LogP contribution in [0.15, 0.2) is 30.6 Å². The van der Waals surface area contributed by atoms with Gasteiger partial charge in [-0.3, -0.25) is 4.98 Å². The van der Waals surface area contributed by atoms with E-state index in [1.165, 1.54) is 11.6 Å². The van der Waals surface area contributed by atoms with Gasteiger partial charge in [0.05, 0.1) is 17.9 Å². The van der Waals surface area contributed by atoms with Crippen molar-refractivity contribution in [3.63, 3.8) is 0 Å². The number of pyridine rings is 2. The van der Waals surface area contributed by atoms with Gasteiger partial charge >= 0.3 is 0 Å². The number of aryl methyl sites for hydroxylation is 2. The van der Waals surface area contributed by atoms with Crippen LogP contribution in [0.1, 0.15) is 53.7 Å². The van der Waals surface area contributed by atoms with E-state index >= 15 is 0 Å². The summed E-state index contributed by atoms with van der Waals surface area (Å²) in [6, 6.07) is 5.54. The average Bonchev–Trinajstić information content (AvgIpc) is 2.87. The first kappa shape index (κ1) is 20.4. The van der Waals surface area contributed by atoms with Gasteiger partial charge in [0.15, 0.2) is 0 Å². The van der Waals surface area contributed by atoms with Crippen molar-refractivity contribution in [3.05, 3.63) is 58.9 Å². The molecule has 29 heavy (non-hydrogen) atoms. The zero-order valence-electron chi connectivity index (χ0n) is 17.2. The third kappa shape index (κ3) is 4.49. The van der Waals surface area contributed by atoms with E-state index in [4.69, 9.17) is 4.74 Å². The normalized spacial score (nSPS) is 28.0. The van der Waals surface area contributed by atoms with Crippen molar-refractivity contribution in [1.82, 2.24) is 14.9 Å². The van der Waals surface area contributed by atoms with Crippen LogP contribution in [0.2, 0.25) is 0 Å². The predicted octanol–water partition coefficient (Wildman–Crippen LogP) is 3.41. The summed E-state index contributed by atoms with van der Waals surface area (Å²) >= 11 is 0. The highest BCUT2D eigenvalue weighted by atomic mass is 19.1. The summed E-state index contributed by atoms with van der Waals surface area (Å²) < 4.78 is 19.2. The first-order valence-corrected chi connectivity index (χ1v) is 10.5. The number of aliphatic hydroxyl groups is 1. The van der Waals surface area contributed by atoms with E-state index in [1.807, 2.05) is 13.0 Å². The van der Waals surface area contributed by atoms with Crippen molar-refractivity contribution in [2.24, 2.45) is 5.92 Å². The van der Waals surface area contributed by atoms with Gasteiger partial charge in [0.1, 0.15) is 0 Å². The Kier molecular flexibility index (Phi) is 6.23. The van der Waals surface area contributed by atoms with Crippen molar-refractivity contribution in [1.29, 1.82) is 0 Å². The summed E-state index contributed by atoms with van der Waals surface area (Å²) in [7, 11) is 1.76. The van der Waals surface area contributed by atoms with Crippen molar-refractivity contribution < 1.29 is 14.2 Å². The molecule has 1 N–H and O–H groups in total. The van der Waals surface area contributed by atoms with Crippen LogP contribution in [-0.2, 0) is 11.2 Å². The largest absolute Gasteiger partial charge is 0.387 e. The molecule has 0 bridgehead atoms. The molecule has 0 saturated carbocycles. The number of ether oxygens (including phenoxy) is 1. The lowest BCUT2D eigenvalue weighted by Crippen LogP contribution is -2.45. The SMILES string of the molecule is CO[C@@H]1CN(C[C@@H]2CCc3cccnc3[C@@H](O)C2)CC[C@@H]1c1cnc(F)cc1C. The van der Waals surface area contributed by atoms with Crippen molar-refractivity contribution in [3.8, 4) is 0 Å². The minimum atomic E-state index is -0.484. The van der Waals surface area contributed by atoms with Crippen LogP contribution in [0.25, 0.3) is 0 Å². The van der Waals surface area contributed by atoms with E-state index in [9.17, 15) is 9.50 Å². The number of nitrogens with zero attached hydrogens (tertiary/aromatic N) is 3. The Morgan fingerprint density at radius 2 is 2.17 bits per heavy atom. The maximum atomic E-state index is 13.4. The number of hydrogen-bond acceptors (Lipinski definition) is 5. The van der Waals surface area contributed by atoms with Crippen LogP contribution in [0, 0.1) is 18.8 Å². The van der Waals surface area contributed by atoms with Crippen LogP contribution in [0.5, 0.6) is 0 Å². The zero-order valence-corrected chi connectivity index (χ0v) is 17.2. The summed E-state index contributed by atoms with van der Waals surface area (Å²) in [5, 5.41) is 10.6. The van der Waals surface area contributed by atoms with Crippen LogP contribution in [0.3, 0.4) is 0 Å². The van der Waals surface area contributed by atoms with Crippen molar-refractivity contribution in [2.75, 3.05) is 26.7 Å². The molecule has 1 saturated heterocycles. The monoisotopic (exact) mass is 399 g/mol. The number of likely N-dealkylation sites (tertiary alicyclic amines) is 1. The van der Waals surface area contributed by atoms with Gasteiger partial charge in [0, 0.05) is 38.5 Å². The fourth-order valence-corrected chi connectivity index (χ4v) is 5.06. The average molecular weight is 400 g/mol. The molecule has 5 nitrogen and oxygen atoms in total. The number of fused-ring (bicyclic) bond motifs is 1. The van der Waals surface area contributed by atoms with Crippen LogP contribution in [-0.4, -0.2) is 52.8 Å². The number of hydrogen-bond donors (Lipinski definition) is 1. The van der Waals surface area contributed by atoms with E-state index < -0.39 is 12.1 Å². The van der Waals surface area contributed by atoms with Gasteiger partial charge in [-0.1, -0.05) is 6.07 Å². The topological polar surface area (TPSA) is 58.5 Å². The molecule has 2 aromatic rings. The first-order chi connectivity index (χ1) is 14.0. The molecule has 4 rings (SSSR count). The van der Waals surface area contributed by atoms with Crippen molar-refractivity contribution in [2.45, 2.75) is 50.7 Å². The number of aliphatic hydroxyl groups excluding tert-OH is 1. The second kappa shape index (κ2) is 8.86. The Labute approximate surface area is 171 Å². The van der Waals surface area contributed by atoms with Crippen molar-refractivity contribution >= 4 is 0 Å². The molecule has 3 heterocycles. The molecular weight excluding hydrogens is 369 g/mol. The summed E-state index contributed by atoms with van der Waals surface area (Å²) in [6.07, 6.45) is 6.76. The quantitative estimate of drug-likeness (QED) is 0.631. The zero-order chi connectivity index (χ0) is 20.4. The second-order valence-corrected chi connectivity index (χ2v) is 8.50. The lowest BCUT2D eigenvalue weighted by molar-refractivity contribution is 0.00599. The van der Waals surface area contributed by atoms with E-state index in [0.717, 1.165) is 62.1 Å². The van der Waals surface area contributed by atoms with E-state index in [1.54, 1.807) is 19.5 Å². The highest BCUT2D eigenvalue weighted by Gasteiger charge is 2.33. The summed E-state index contributed by atoms with van der Waals surface area (Å²) in [6.45, 7) is 4.71. The lowest BCUT2D eigenvalue weighted by Gasteiger charge is -2.39. The van der Waals surface area contributed by atoms with Crippen LogP contribution >= 0.6 is 0 Å². The van der Waals surface area contributed by atoms with Gasteiger partial charge in [-0.2, -0.15) is 4.39 Å². The molecule has 6 heteroatoms. The molecule has 1 aliphatic heterocycles. The predicted molar refractivity (Wildman–Crippen MR) is 109 cm³/mol. The van der Waals surface area contributed by atoms with Gasteiger partial charge in [-0.15, -0.1) is 0 Å². The number of methoxy groups -OCH3 is 1. The van der Waals surface area contributed by atoms with E-state index in [0.29, 0.717) is 5.92 Å². The third-order valence-corrected chi connectivity index (χ3v) is 6.60. The highest BCUT2D eigenvalue weighted by Crippen LogP contribution is 2.35. The van der Waals surface area contributed by atoms with Crippen LogP contribution in [0.4, 0.5) is 4.39 Å². The van der Waals surface area contributed by atoms with Gasteiger partial charge < -0.3 is 14.7 Å². The maximum Gasteiger partial charge on any atom is 0.213 e. The number of halogens is 1. The standard InChI is InChI=1S/C23H30FN3O2/c1-15-10-22(24)26-12-19(15)18-7-9-27(14-21(18)29-2)13-16-5-6-17-4-3-8-25-23(17)20(28)11-16/h3-4,8,10,12,16,18,20-21,28H,5-7,9,11,13-14H2,1-2H3/t16-,18-,20+,21-/m1/s1. The Balaban J connectivity index is 1.40. The fraction of sp³-hybridized carbons (Fsp3) is 0.565. The molecule has 0 aromatic carbocycles. The molecule has 0 unspecified atom stereocenters. The summed E-state index contributed by atoms with van der Waals surface area (Å²) in [5.74, 6) is 0.236. The molecule has 2 aromatic heterocycles. The van der Waals surface area contributed by atoms with Crippen LogP contribution < -0.4 is 0 Å². The first-order valence-electron chi connectivity index (χ1n) is 10.5. The number of rotatable bonds is 4. The summed E-state index contributed by atoms with van der Waals surface area (Å²) in [5.41, 5.74) is 4.05. The summed E-state index contributed by atoms with van der Waals surface area (Å²) in [4.78, 5) is 10.7. The Hall–Kier alpha value is -1.89. The van der Waals surface area contributed by atoms with Gasteiger partial charge in [-0.05, 0) is 73.9 Å². The highest BCUT2D eigenvalue weighted by molar-refractivity contribution is 5.28. The van der Waals surface area contributed by atoms with E-state index in [2.05, 4.69) is 20.9 Å². The molecule has 0 amide bonds. The lowest BCUT2D eigenvalue weighted by atomic mass is 9.85. The molecule has 0 spiro atoms. The van der Waals surface area contributed by atoms with E-state index in [-0.39, 0.29) is 12.0 Å². The molecule has 0 radical (unpaired) electrons. The number of aromatic nitrogens is 2. The van der Waals surface area contributed by atoms with Gasteiger partial charge in [-0.25, -0.2) is 4.98 Å². The Bertz CT molecular complexity index is 847. The van der Waals surface area contributed by atoms with Gasteiger partial charge in [0.2, 0.25) is 5.95 Å². The molecule has 4 atom stereocenters. The minimum absolute atomic E-state index is 0.0595. The Morgan fingerprint density at radius 1 is 1.31 bits per heavy atom. The molecular formula is C23H30FN3O2. The maximum absolute atomic E-state index is 13.4. The smallest absolute Gasteiger partial charge is 0.213 e.